The van der Waals surface area contributed by atoms with Crippen LogP contribution >= 0.6 is 0 Å². The molecule has 0 aromatic heterocycles. The van der Waals surface area contributed by atoms with Crippen LogP contribution in [0.5, 0.6) is 0 Å². The molecule has 0 aromatic rings. The average molecular weight is 295 g/mol. The molecule has 1 saturated heterocycles. The summed E-state index contributed by atoms with van der Waals surface area (Å²) in [5.41, 5.74) is -0.703. The van der Waals surface area contributed by atoms with Crippen LogP contribution in [0.2, 0.25) is 0 Å². The van der Waals surface area contributed by atoms with Crippen LogP contribution in [0.25, 0.3) is 0 Å². The van der Waals surface area contributed by atoms with Gasteiger partial charge in [0.25, 0.3) is 0 Å². The SMILES string of the molecule is COC(=O)C1CN(CC(=O)NC2(C#N)CCCC2)CCO1. The average Bonchev–Trinajstić information content (AvgIpc) is 2.95. The number of hydrogen-bond acceptors (Lipinski definition) is 6. The molecule has 2 aliphatic rings. The Balaban J connectivity index is 1.85. The number of nitriles is 1. The lowest BCUT2D eigenvalue weighted by Gasteiger charge is -2.31. The van der Waals surface area contributed by atoms with Gasteiger partial charge in [-0.2, -0.15) is 5.26 Å². The van der Waals surface area contributed by atoms with Crippen LogP contribution in [0.15, 0.2) is 0 Å². The van der Waals surface area contributed by atoms with Gasteiger partial charge >= 0.3 is 5.97 Å². The standard InChI is InChI=1S/C14H21N3O4/c1-20-13(19)11-8-17(6-7-21-11)9-12(18)16-14(10-15)4-2-3-5-14/h11H,2-9H2,1H3,(H,16,18). The normalized spacial score (nSPS) is 25.0. The summed E-state index contributed by atoms with van der Waals surface area (Å²) in [6, 6.07) is 2.23. The topological polar surface area (TPSA) is 91.7 Å². The largest absolute Gasteiger partial charge is 0.467 e. The first-order valence-corrected chi connectivity index (χ1v) is 7.22. The van der Waals surface area contributed by atoms with Crippen LogP contribution in [0, 0.1) is 11.3 Å². The molecule has 2 rings (SSSR count). The van der Waals surface area contributed by atoms with E-state index in [1.54, 1.807) is 0 Å². The summed E-state index contributed by atoms with van der Waals surface area (Å²) in [6.07, 6.45) is 2.71. The van der Waals surface area contributed by atoms with Crippen LogP contribution in [0.3, 0.4) is 0 Å². The van der Waals surface area contributed by atoms with Crippen LogP contribution < -0.4 is 5.32 Å². The van der Waals surface area contributed by atoms with Gasteiger partial charge in [-0.05, 0) is 25.7 Å². The van der Waals surface area contributed by atoms with Crippen molar-refractivity contribution in [2.24, 2.45) is 0 Å². The molecule has 1 amide bonds. The second-order valence-corrected chi connectivity index (χ2v) is 5.57. The highest BCUT2D eigenvalue weighted by molar-refractivity contribution is 5.80. The number of carbonyl (C=O) groups is 2. The van der Waals surface area contributed by atoms with Gasteiger partial charge in [0.2, 0.25) is 5.91 Å². The van der Waals surface area contributed by atoms with E-state index in [2.05, 4.69) is 16.1 Å². The second kappa shape index (κ2) is 6.87. The minimum absolute atomic E-state index is 0.167. The van der Waals surface area contributed by atoms with Crippen molar-refractivity contribution in [3.63, 3.8) is 0 Å². The predicted octanol–water partition coefficient (Wildman–Crippen LogP) is -0.187. The van der Waals surface area contributed by atoms with Gasteiger partial charge in [0, 0.05) is 13.1 Å². The van der Waals surface area contributed by atoms with Gasteiger partial charge in [-0.25, -0.2) is 4.79 Å². The van der Waals surface area contributed by atoms with Gasteiger partial charge in [0.15, 0.2) is 6.10 Å². The third-order valence-electron chi connectivity index (χ3n) is 4.03. The molecule has 1 heterocycles. The Hall–Kier alpha value is -1.65. The summed E-state index contributed by atoms with van der Waals surface area (Å²) < 4.78 is 9.97. The number of amides is 1. The number of ether oxygens (including phenoxy) is 2. The molecule has 1 aliphatic carbocycles. The molecule has 1 aliphatic heterocycles. The molecule has 1 N–H and O–H groups in total. The molecular formula is C14H21N3O4. The zero-order valence-corrected chi connectivity index (χ0v) is 12.3. The maximum absolute atomic E-state index is 12.1. The molecule has 116 valence electrons. The molecule has 1 atom stereocenters. The third kappa shape index (κ3) is 3.93. The molecule has 2 fully saturated rings. The van der Waals surface area contributed by atoms with Gasteiger partial charge in [0.1, 0.15) is 5.54 Å². The number of morpholine rings is 1. The summed E-state index contributed by atoms with van der Waals surface area (Å²) in [4.78, 5) is 25.4. The smallest absolute Gasteiger partial charge is 0.336 e. The van der Waals surface area contributed by atoms with E-state index in [4.69, 9.17) is 4.74 Å². The lowest BCUT2D eigenvalue weighted by atomic mass is 10.00. The van der Waals surface area contributed by atoms with Crippen molar-refractivity contribution in [1.29, 1.82) is 5.26 Å². The van der Waals surface area contributed by atoms with Gasteiger partial charge in [-0.3, -0.25) is 9.69 Å². The highest BCUT2D eigenvalue weighted by Gasteiger charge is 2.36. The van der Waals surface area contributed by atoms with Crippen LogP contribution in [-0.4, -0.2) is 61.8 Å². The van der Waals surface area contributed by atoms with Gasteiger partial charge in [0.05, 0.1) is 26.3 Å². The maximum Gasteiger partial charge on any atom is 0.336 e. The number of esters is 1. The van der Waals surface area contributed by atoms with Crippen molar-refractivity contribution in [2.75, 3.05) is 33.4 Å². The van der Waals surface area contributed by atoms with E-state index in [-0.39, 0.29) is 12.5 Å². The molecule has 0 spiro atoms. The van der Waals surface area contributed by atoms with Crippen molar-refractivity contribution in [2.45, 2.75) is 37.3 Å². The van der Waals surface area contributed by atoms with Crippen LogP contribution in [-0.2, 0) is 19.1 Å². The van der Waals surface area contributed by atoms with Crippen LogP contribution in [0.1, 0.15) is 25.7 Å². The maximum atomic E-state index is 12.1. The Labute approximate surface area is 124 Å². The van der Waals surface area contributed by atoms with Crippen molar-refractivity contribution in [1.82, 2.24) is 10.2 Å². The van der Waals surface area contributed by atoms with E-state index >= 15 is 0 Å². The lowest BCUT2D eigenvalue weighted by molar-refractivity contribution is -0.160. The van der Waals surface area contributed by atoms with E-state index in [1.165, 1.54) is 7.11 Å². The van der Waals surface area contributed by atoms with Crippen LogP contribution in [0.4, 0.5) is 0 Å². The zero-order chi connectivity index (χ0) is 15.3. The summed E-state index contributed by atoms with van der Waals surface area (Å²) in [5, 5.41) is 12.1. The minimum atomic E-state index is -0.703. The number of nitrogens with one attached hydrogen (secondary N) is 1. The molecule has 1 unspecified atom stereocenters. The molecule has 1 saturated carbocycles. The minimum Gasteiger partial charge on any atom is -0.467 e. The Kier molecular flexibility index (Phi) is 5.15. The Morgan fingerprint density at radius 2 is 2.19 bits per heavy atom. The summed E-state index contributed by atoms with van der Waals surface area (Å²) >= 11 is 0. The van der Waals surface area contributed by atoms with E-state index in [9.17, 15) is 14.9 Å². The van der Waals surface area contributed by atoms with Crippen molar-refractivity contribution < 1.29 is 19.1 Å². The fourth-order valence-corrected chi connectivity index (χ4v) is 2.87. The van der Waals surface area contributed by atoms with E-state index in [1.807, 2.05) is 4.90 Å². The number of rotatable bonds is 4. The van der Waals surface area contributed by atoms with Gasteiger partial charge < -0.3 is 14.8 Å². The van der Waals surface area contributed by atoms with Gasteiger partial charge in [-0.15, -0.1) is 0 Å². The van der Waals surface area contributed by atoms with Crippen molar-refractivity contribution in [3.8, 4) is 6.07 Å². The van der Waals surface area contributed by atoms with Crippen molar-refractivity contribution in [3.05, 3.63) is 0 Å². The monoisotopic (exact) mass is 295 g/mol. The zero-order valence-electron chi connectivity index (χ0n) is 12.3. The highest BCUT2D eigenvalue weighted by Crippen LogP contribution is 2.28. The number of hydrogen-bond donors (Lipinski definition) is 1. The number of nitrogens with zero attached hydrogens (tertiary/aromatic N) is 2. The third-order valence-corrected chi connectivity index (χ3v) is 4.03. The Morgan fingerprint density at radius 1 is 1.48 bits per heavy atom. The molecule has 7 nitrogen and oxygen atoms in total. The summed E-state index contributed by atoms with van der Waals surface area (Å²) in [7, 11) is 1.31. The molecule has 7 heteroatoms. The predicted molar refractivity (Wildman–Crippen MR) is 73.2 cm³/mol. The van der Waals surface area contributed by atoms with Gasteiger partial charge in [-0.1, -0.05) is 0 Å². The first-order valence-electron chi connectivity index (χ1n) is 7.22. The first kappa shape index (κ1) is 15.7. The fourth-order valence-electron chi connectivity index (χ4n) is 2.87. The quantitative estimate of drug-likeness (QED) is 0.723. The first-order chi connectivity index (χ1) is 10.1. The van der Waals surface area contributed by atoms with E-state index in [0.29, 0.717) is 32.5 Å². The fraction of sp³-hybridized carbons (Fsp3) is 0.786. The summed E-state index contributed by atoms with van der Waals surface area (Å²) in [6.45, 7) is 1.47. The molecular weight excluding hydrogens is 274 g/mol. The molecule has 0 aromatic carbocycles. The second-order valence-electron chi connectivity index (χ2n) is 5.57. The highest BCUT2D eigenvalue weighted by atomic mass is 16.6. The molecule has 21 heavy (non-hydrogen) atoms. The number of methoxy groups -OCH3 is 1. The molecule has 0 bridgehead atoms. The summed E-state index contributed by atoms with van der Waals surface area (Å²) in [5.74, 6) is -0.603. The number of carbonyl (C=O) groups excluding carboxylic acids is 2. The Bertz CT molecular complexity index is 440. The van der Waals surface area contributed by atoms with E-state index in [0.717, 1.165) is 12.8 Å². The lowest BCUT2D eigenvalue weighted by Crippen LogP contribution is -2.53. The Morgan fingerprint density at radius 3 is 2.81 bits per heavy atom. The molecule has 0 radical (unpaired) electrons. The van der Waals surface area contributed by atoms with Crippen molar-refractivity contribution >= 4 is 11.9 Å². The van der Waals surface area contributed by atoms with E-state index < -0.39 is 17.6 Å².